The number of esters is 1. The average Bonchev–Trinajstić information content (AvgIpc) is 3.12. The summed E-state index contributed by atoms with van der Waals surface area (Å²) in [6, 6.07) is 3.24. The van der Waals surface area contributed by atoms with Gasteiger partial charge in [0.1, 0.15) is 10.8 Å². The molecule has 26 heavy (non-hydrogen) atoms. The van der Waals surface area contributed by atoms with Crippen molar-refractivity contribution in [3.63, 3.8) is 0 Å². The second-order valence-electron chi connectivity index (χ2n) is 5.78. The highest BCUT2D eigenvalue weighted by Crippen LogP contribution is 2.38. The summed E-state index contributed by atoms with van der Waals surface area (Å²) in [6.45, 7) is -0.573. The van der Waals surface area contributed by atoms with Gasteiger partial charge in [0.2, 0.25) is 0 Å². The molecule has 3 rings (SSSR count). The third-order valence-corrected chi connectivity index (χ3v) is 5.20. The van der Waals surface area contributed by atoms with Crippen molar-refractivity contribution in [3.8, 4) is 0 Å². The zero-order valence-corrected chi connectivity index (χ0v) is 14.5. The molecule has 1 aliphatic rings. The van der Waals surface area contributed by atoms with Gasteiger partial charge in [0.05, 0.1) is 11.1 Å². The Morgan fingerprint density at radius 2 is 2.04 bits per heavy atom. The molecule has 5 N–H and O–H groups in total. The van der Waals surface area contributed by atoms with E-state index in [1.807, 2.05) is 0 Å². The molecule has 0 atom stereocenters. The lowest BCUT2D eigenvalue weighted by atomic mass is 10.1. The Morgan fingerprint density at radius 1 is 1.27 bits per heavy atom. The molecule has 9 heteroatoms. The Balaban J connectivity index is 1.65. The summed E-state index contributed by atoms with van der Waals surface area (Å²) in [5.41, 5.74) is 12.1. The van der Waals surface area contributed by atoms with Crippen LogP contribution in [0.5, 0.6) is 0 Å². The van der Waals surface area contributed by atoms with Gasteiger partial charge in [-0.1, -0.05) is 0 Å². The number of thiophene rings is 1. The Morgan fingerprint density at radius 3 is 2.73 bits per heavy atom. The van der Waals surface area contributed by atoms with Crippen LogP contribution in [0.2, 0.25) is 0 Å². The molecule has 0 bridgehead atoms. The van der Waals surface area contributed by atoms with E-state index in [9.17, 15) is 18.8 Å². The molecule has 2 aromatic rings. The number of ether oxygens (including phenoxy) is 1. The minimum atomic E-state index is -0.846. The number of aryl methyl sites for hydroxylation is 1. The van der Waals surface area contributed by atoms with E-state index in [0.717, 1.165) is 41.8 Å². The van der Waals surface area contributed by atoms with Crippen molar-refractivity contribution in [2.45, 2.75) is 19.3 Å². The van der Waals surface area contributed by atoms with Gasteiger partial charge in [-0.25, -0.2) is 9.18 Å². The summed E-state index contributed by atoms with van der Waals surface area (Å²) in [7, 11) is 0. The van der Waals surface area contributed by atoms with Crippen LogP contribution in [0.4, 0.5) is 15.1 Å². The first-order valence-corrected chi connectivity index (χ1v) is 8.64. The Bertz CT molecular complexity index is 910. The lowest BCUT2D eigenvalue weighted by Gasteiger charge is -2.08. The van der Waals surface area contributed by atoms with Crippen LogP contribution in [0.25, 0.3) is 0 Å². The molecule has 1 aromatic heterocycles. The number of rotatable bonds is 5. The molecule has 7 nitrogen and oxygen atoms in total. The summed E-state index contributed by atoms with van der Waals surface area (Å²) in [5.74, 6) is -2.64. The maximum absolute atomic E-state index is 13.0. The molecule has 0 unspecified atom stereocenters. The molecule has 136 valence electrons. The Labute approximate surface area is 152 Å². The van der Waals surface area contributed by atoms with Crippen molar-refractivity contribution in [1.29, 1.82) is 0 Å². The third kappa shape index (κ3) is 3.52. The topological polar surface area (TPSA) is 125 Å². The molecule has 2 amide bonds. The number of hydrogen-bond donors (Lipinski definition) is 3. The van der Waals surface area contributed by atoms with Crippen molar-refractivity contribution < 1.29 is 23.5 Å². The van der Waals surface area contributed by atoms with Crippen molar-refractivity contribution in [2.75, 3.05) is 17.7 Å². The summed E-state index contributed by atoms with van der Waals surface area (Å²) < 4.78 is 17.9. The summed E-state index contributed by atoms with van der Waals surface area (Å²) in [5, 5.41) is 2.93. The largest absolute Gasteiger partial charge is 0.452 e. The van der Waals surface area contributed by atoms with Crippen LogP contribution < -0.4 is 16.8 Å². The number of carbonyl (C=O) groups is 3. The lowest BCUT2D eigenvalue weighted by Crippen LogP contribution is -2.23. The maximum atomic E-state index is 13.0. The van der Waals surface area contributed by atoms with Gasteiger partial charge in [-0.15, -0.1) is 11.3 Å². The van der Waals surface area contributed by atoms with Gasteiger partial charge >= 0.3 is 5.97 Å². The number of fused-ring (bicyclic) bond motifs is 1. The van der Waals surface area contributed by atoms with Crippen LogP contribution in [0.1, 0.15) is 37.6 Å². The minimum Gasteiger partial charge on any atom is -0.452 e. The molecule has 1 heterocycles. The average molecular weight is 377 g/mol. The van der Waals surface area contributed by atoms with E-state index in [4.69, 9.17) is 16.2 Å². The number of amides is 2. The highest BCUT2D eigenvalue weighted by Gasteiger charge is 2.26. The number of benzene rings is 1. The molecule has 0 saturated carbocycles. The second-order valence-corrected chi connectivity index (χ2v) is 6.89. The normalized spacial score (nSPS) is 12.5. The van der Waals surface area contributed by atoms with Gasteiger partial charge in [0, 0.05) is 10.6 Å². The van der Waals surface area contributed by atoms with Crippen molar-refractivity contribution in [2.24, 2.45) is 5.73 Å². The number of anilines is 2. The smallest absolute Gasteiger partial charge is 0.340 e. The van der Waals surface area contributed by atoms with Crippen LogP contribution in [-0.4, -0.2) is 24.4 Å². The molecular formula is C17H16FN3O4S. The fraction of sp³-hybridized carbons (Fsp3) is 0.235. The van der Waals surface area contributed by atoms with Crippen LogP contribution in [0.15, 0.2) is 18.2 Å². The molecule has 0 spiro atoms. The highest BCUT2D eigenvalue weighted by atomic mass is 32.1. The number of nitrogens with two attached hydrogens (primary N) is 2. The fourth-order valence-corrected chi connectivity index (χ4v) is 4.15. The fourth-order valence-electron chi connectivity index (χ4n) is 2.84. The number of hydrogen-bond acceptors (Lipinski definition) is 6. The van der Waals surface area contributed by atoms with Crippen LogP contribution >= 0.6 is 11.3 Å². The monoisotopic (exact) mass is 377 g/mol. The number of halogens is 1. The third-order valence-electron chi connectivity index (χ3n) is 3.99. The molecule has 0 radical (unpaired) electrons. The van der Waals surface area contributed by atoms with E-state index >= 15 is 0 Å². The summed E-state index contributed by atoms with van der Waals surface area (Å²) >= 11 is 1.31. The van der Waals surface area contributed by atoms with Crippen molar-refractivity contribution in [1.82, 2.24) is 0 Å². The first kappa shape index (κ1) is 17.9. The Hall–Kier alpha value is -2.94. The van der Waals surface area contributed by atoms with E-state index in [-0.39, 0.29) is 11.3 Å². The summed E-state index contributed by atoms with van der Waals surface area (Å²) in [4.78, 5) is 36.7. The van der Waals surface area contributed by atoms with E-state index in [1.54, 1.807) is 0 Å². The number of primary amides is 1. The maximum Gasteiger partial charge on any atom is 0.340 e. The lowest BCUT2D eigenvalue weighted by molar-refractivity contribution is -0.119. The number of nitrogens with one attached hydrogen (secondary N) is 1. The first-order valence-electron chi connectivity index (χ1n) is 7.83. The van der Waals surface area contributed by atoms with Crippen molar-refractivity contribution >= 4 is 39.8 Å². The van der Waals surface area contributed by atoms with Crippen LogP contribution in [0.3, 0.4) is 0 Å². The second kappa shape index (κ2) is 7.12. The summed E-state index contributed by atoms with van der Waals surface area (Å²) in [6.07, 6.45) is 2.54. The molecule has 1 aliphatic carbocycles. The van der Waals surface area contributed by atoms with Gasteiger partial charge in [-0.3, -0.25) is 9.59 Å². The number of carbonyl (C=O) groups excluding carboxylic acids is 3. The van der Waals surface area contributed by atoms with Gasteiger partial charge in [0.15, 0.2) is 6.61 Å². The van der Waals surface area contributed by atoms with E-state index in [2.05, 4.69) is 5.32 Å². The van der Waals surface area contributed by atoms with Gasteiger partial charge < -0.3 is 21.5 Å². The van der Waals surface area contributed by atoms with E-state index in [1.165, 1.54) is 17.4 Å². The van der Waals surface area contributed by atoms with Gasteiger partial charge in [-0.2, -0.15) is 0 Å². The zero-order chi connectivity index (χ0) is 18.8. The van der Waals surface area contributed by atoms with Crippen LogP contribution in [-0.2, 0) is 22.4 Å². The zero-order valence-electron chi connectivity index (χ0n) is 13.6. The quantitative estimate of drug-likeness (QED) is 0.542. The first-order chi connectivity index (χ1) is 12.4. The predicted molar refractivity (Wildman–Crippen MR) is 94.6 cm³/mol. The van der Waals surface area contributed by atoms with Crippen molar-refractivity contribution in [3.05, 3.63) is 45.6 Å². The van der Waals surface area contributed by atoms with E-state index in [0.29, 0.717) is 10.6 Å². The minimum absolute atomic E-state index is 0.0351. The highest BCUT2D eigenvalue weighted by molar-refractivity contribution is 7.17. The Kier molecular flexibility index (Phi) is 4.90. The van der Waals surface area contributed by atoms with E-state index < -0.39 is 30.2 Å². The molecule has 1 aromatic carbocycles. The number of nitrogen functional groups attached to an aromatic ring is 1. The SMILES string of the molecule is NC(=O)c1c(NC(=O)COC(=O)c2ccc(F)cc2N)sc2c1CCC2. The molecular weight excluding hydrogens is 361 g/mol. The molecule has 0 saturated heterocycles. The molecule has 0 aliphatic heterocycles. The van der Waals surface area contributed by atoms with Gasteiger partial charge in [0.25, 0.3) is 11.8 Å². The molecule has 0 fully saturated rings. The van der Waals surface area contributed by atoms with Gasteiger partial charge in [-0.05, 0) is 43.0 Å². The predicted octanol–water partition coefficient (Wildman–Crippen LogP) is 1.85. The standard InChI is InChI=1S/C17H16FN3O4S/c18-8-4-5-9(11(19)6-8)17(24)25-7-13(22)21-16-14(15(20)23)10-2-1-3-12(10)26-16/h4-6H,1-3,7,19H2,(H2,20,23)(H,21,22). The van der Waals surface area contributed by atoms with Crippen LogP contribution in [0, 0.1) is 5.82 Å².